The first-order valence-electron chi connectivity index (χ1n) is 7.37. The summed E-state index contributed by atoms with van der Waals surface area (Å²) in [6.45, 7) is 2.69. The Morgan fingerprint density at radius 2 is 2.00 bits per heavy atom. The van der Waals surface area contributed by atoms with Crippen molar-refractivity contribution in [1.29, 1.82) is 0 Å². The highest BCUT2D eigenvalue weighted by Crippen LogP contribution is 2.35. The van der Waals surface area contributed by atoms with Gasteiger partial charge in [0.15, 0.2) is 0 Å². The standard InChI is InChI=1S/C14H28N2O/c1-15-13(8-10-17)11-16-9-4-6-12-5-2-3-7-14(12)16/h12-15,17H,2-11H2,1H3/t12-,13?,14-/m1/s1. The van der Waals surface area contributed by atoms with Gasteiger partial charge in [0.2, 0.25) is 0 Å². The second-order valence-electron chi connectivity index (χ2n) is 5.75. The lowest BCUT2D eigenvalue weighted by Crippen LogP contribution is -2.51. The van der Waals surface area contributed by atoms with E-state index in [-0.39, 0.29) is 0 Å². The Labute approximate surface area is 106 Å². The summed E-state index contributed by atoms with van der Waals surface area (Å²) >= 11 is 0. The first kappa shape index (κ1) is 13.3. The van der Waals surface area contributed by atoms with E-state index >= 15 is 0 Å². The largest absolute Gasteiger partial charge is 0.396 e. The molecule has 0 bridgehead atoms. The lowest BCUT2D eigenvalue weighted by atomic mass is 9.78. The van der Waals surface area contributed by atoms with E-state index in [2.05, 4.69) is 10.2 Å². The molecule has 3 nitrogen and oxygen atoms in total. The molecule has 2 fully saturated rings. The van der Waals surface area contributed by atoms with E-state index in [1.165, 1.54) is 45.1 Å². The molecule has 3 heteroatoms. The Balaban J connectivity index is 1.89. The van der Waals surface area contributed by atoms with Crippen LogP contribution in [0.4, 0.5) is 0 Å². The number of nitrogens with one attached hydrogen (secondary N) is 1. The van der Waals surface area contributed by atoms with Crippen molar-refractivity contribution in [2.24, 2.45) is 5.92 Å². The van der Waals surface area contributed by atoms with Gasteiger partial charge >= 0.3 is 0 Å². The maximum atomic E-state index is 9.07. The third kappa shape index (κ3) is 3.43. The Kier molecular flexibility index (Phi) is 5.26. The minimum Gasteiger partial charge on any atom is -0.396 e. The van der Waals surface area contributed by atoms with Gasteiger partial charge < -0.3 is 10.4 Å². The molecule has 3 atom stereocenters. The van der Waals surface area contributed by atoms with Crippen LogP contribution in [-0.2, 0) is 0 Å². The number of aliphatic hydroxyl groups excluding tert-OH is 1. The van der Waals surface area contributed by atoms with Gasteiger partial charge in [-0.05, 0) is 51.6 Å². The highest BCUT2D eigenvalue weighted by molar-refractivity contribution is 4.88. The SMILES string of the molecule is CNC(CCO)CN1CCC[C@H]2CCCC[C@H]21. The molecule has 2 rings (SSSR count). The van der Waals surface area contributed by atoms with E-state index in [4.69, 9.17) is 5.11 Å². The Hall–Kier alpha value is -0.120. The summed E-state index contributed by atoms with van der Waals surface area (Å²) in [5, 5.41) is 12.4. The highest BCUT2D eigenvalue weighted by atomic mass is 16.3. The Bertz CT molecular complexity index is 220. The molecule has 0 spiro atoms. The molecule has 0 radical (unpaired) electrons. The van der Waals surface area contributed by atoms with Crippen molar-refractivity contribution < 1.29 is 5.11 Å². The van der Waals surface area contributed by atoms with Gasteiger partial charge in [-0.1, -0.05) is 12.8 Å². The minimum absolute atomic E-state index is 0.299. The second-order valence-corrected chi connectivity index (χ2v) is 5.75. The third-order valence-electron chi connectivity index (χ3n) is 4.70. The summed E-state index contributed by atoms with van der Waals surface area (Å²) in [5.74, 6) is 0.962. The Morgan fingerprint density at radius 1 is 1.24 bits per heavy atom. The van der Waals surface area contributed by atoms with Gasteiger partial charge in [0.05, 0.1) is 0 Å². The third-order valence-corrected chi connectivity index (χ3v) is 4.70. The van der Waals surface area contributed by atoms with Crippen molar-refractivity contribution in [1.82, 2.24) is 10.2 Å². The topological polar surface area (TPSA) is 35.5 Å². The normalized spacial score (nSPS) is 32.1. The molecule has 0 aromatic carbocycles. The number of piperidine rings is 1. The fraction of sp³-hybridized carbons (Fsp3) is 1.00. The Morgan fingerprint density at radius 3 is 2.76 bits per heavy atom. The summed E-state index contributed by atoms with van der Waals surface area (Å²) in [5.41, 5.74) is 0. The highest BCUT2D eigenvalue weighted by Gasteiger charge is 2.33. The summed E-state index contributed by atoms with van der Waals surface area (Å²) < 4.78 is 0. The van der Waals surface area contributed by atoms with Gasteiger partial charge in [0.25, 0.3) is 0 Å². The van der Waals surface area contributed by atoms with E-state index < -0.39 is 0 Å². The van der Waals surface area contributed by atoms with E-state index in [9.17, 15) is 0 Å². The number of hydrogen-bond acceptors (Lipinski definition) is 3. The maximum Gasteiger partial charge on any atom is 0.0446 e. The van der Waals surface area contributed by atoms with Crippen LogP contribution in [0.15, 0.2) is 0 Å². The van der Waals surface area contributed by atoms with Gasteiger partial charge in [-0.3, -0.25) is 4.90 Å². The molecule has 0 amide bonds. The van der Waals surface area contributed by atoms with Gasteiger partial charge in [0, 0.05) is 25.2 Å². The molecule has 1 saturated heterocycles. The number of hydrogen-bond donors (Lipinski definition) is 2. The molecule has 1 aliphatic carbocycles. The fourth-order valence-corrected chi connectivity index (χ4v) is 3.72. The lowest BCUT2D eigenvalue weighted by Gasteiger charge is -2.45. The molecule has 17 heavy (non-hydrogen) atoms. The van der Waals surface area contributed by atoms with E-state index in [0.29, 0.717) is 12.6 Å². The average Bonchev–Trinajstić information content (AvgIpc) is 2.38. The number of likely N-dealkylation sites (N-methyl/N-ethyl adjacent to an activating group) is 1. The molecule has 2 N–H and O–H groups in total. The molecular formula is C14H28N2O. The van der Waals surface area contributed by atoms with Crippen molar-refractivity contribution >= 4 is 0 Å². The quantitative estimate of drug-likeness (QED) is 0.766. The van der Waals surface area contributed by atoms with Crippen LogP contribution in [0.25, 0.3) is 0 Å². The molecule has 1 aliphatic heterocycles. The molecule has 0 aromatic heterocycles. The zero-order valence-electron chi connectivity index (χ0n) is 11.2. The maximum absolute atomic E-state index is 9.07. The predicted molar refractivity (Wildman–Crippen MR) is 71.1 cm³/mol. The minimum atomic E-state index is 0.299. The van der Waals surface area contributed by atoms with Crippen LogP contribution in [-0.4, -0.2) is 48.8 Å². The van der Waals surface area contributed by atoms with Crippen LogP contribution in [0.1, 0.15) is 44.9 Å². The molecule has 1 unspecified atom stereocenters. The predicted octanol–water partition coefficient (Wildman–Crippen LogP) is 1.61. The van der Waals surface area contributed by atoms with Crippen molar-refractivity contribution in [3.05, 3.63) is 0 Å². The van der Waals surface area contributed by atoms with Crippen molar-refractivity contribution in [3.8, 4) is 0 Å². The molecular weight excluding hydrogens is 212 g/mol. The van der Waals surface area contributed by atoms with E-state index in [1.54, 1.807) is 0 Å². The van der Waals surface area contributed by atoms with Crippen LogP contribution in [0, 0.1) is 5.92 Å². The molecule has 1 heterocycles. The second kappa shape index (κ2) is 6.72. The van der Waals surface area contributed by atoms with E-state index in [1.807, 2.05) is 7.05 Å². The average molecular weight is 240 g/mol. The monoisotopic (exact) mass is 240 g/mol. The van der Waals surface area contributed by atoms with Gasteiger partial charge in [0.1, 0.15) is 0 Å². The number of rotatable bonds is 5. The first-order chi connectivity index (χ1) is 8.35. The first-order valence-corrected chi connectivity index (χ1v) is 7.37. The van der Waals surface area contributed by atoms with Crippen LogP contribution < -0.4 is 5.32 Å². The van der Waals surface area contributed by atoms with Crippen LogP contribution in [0.5, 0.6) is 0 Å². The molecule has 1 saturated carbocycles. The van der Waals surface area contributed by atoms with Crippen molar-refractivity contribution in [2.75, 3.05) is 26.7 Å². The van der Waals surface area contributed by atoms with Gasteiger partial charge in [-0.2, -0.15) is 0 Å². The lowest BCUT2D eigenvalue weighted by molar-refractivity contribution is 0.0511. The summed E-state index contributed by atoms with van der Waals surface area (Å²) in [7, 11) is 2.02. The zero-order chi connectivity index (χ0) is 12.1. The number of aliphatic hydroxyl groups is 1. The van der Waals surface area contributed by atoms with Gasteiger partial charge in [-0.25, -0.2) is 0 Å². The van der Waals surface area contributed by atoms with Crippen LogP contribution in [0.2, 0.25) is 0 Å². The molecule has 2 aliphatic rings. The van der Waals surface area contributed by atoms with Crippen LogP contribution in [0.3, 0.4) is 0 Å². The number of fused-ring (bicyclic) bond motifs is 1. The fourth-order valence-electron chi connectivity index (χ4n) is 3.72. The number of likely N-dealkylation sites (tertiary alicyclic amines) is 1. The summed E-state index contributed by atoms with van der Waals surface area (Å²) in [6, 6.07) is 1.30. The molecule has 0 aromatic rings. The zero-order valence-corrected chi connectivity index (χ0v) is 11.2. The smallest absolute Gasteiger partial charge is 0.0446 e. The number of nitrogens with zero attached hydrogens (tertiary/aromatic N) is 1. The van der Waals surface area contributed by atoms with Crippen molar-refractivity contribution in [2.45, 2.75) is 57.0 Å². The van der Waals surface area contributed by atoms with Crippen molar-refractivity contribution in [3.63, 3.8) is 0 Å². The summed E-state index contributed by atoms with van der Waals surface area (Å²) in [4.78, 5) is 2.70. The van der Waals surface area contributed by atoms with Gasteiger partial charge in [-0.15, -0.1) is 0 Å². The van der Waals surface area contributed by atoms with E-state index in [0.717, 1.165) is 24.9 Å². The van der Waals surface area contributed by atoms with Crippen LogP contribution >= 0.6 is 0 Å². The molecule has 100 valence electrons. The summed E-state index contributed by atoms with van der Waals surface area (Å²) in [6.07, 6.45) is 9.42.